The molecule has 2 rings (SSSR count). The Kier molecular flexibility index (Phi) is 3.93. The van der Waals surface area contributed by atoms with E-state index >= 15 is 0 Å². The van der Waals surface area contributed by atoms with Crippen LogP contribution in [-0.2, 0) is 6.42 Å². The van der Waals surface area contributed by atoms with E-state index in [0.717, 1.165) is 11.3 Å². The third kappa shape index (κ3) is 2.57. The molecule has 0 bridgehead atoms. The Balaban J connectivity index is 2.43. The molecule has 1 aromatic heterocycles. The summed E-state index contributed by atoms with van der Waals surface area (Å²) in [6.07, 6.45) is 2.16. The molecule has 20 heavy (non-hydrogen) atoms. The van der Waals surface area contributed by atoms with Crippen LogP contribution in [0, 0.1) is 29.6 Å². The van der Waals surface area contributed by atoms with Gasteiger partial charge in [0, 0.05) is 6.42 Å². The van der Waals surface area contributed by atoms with E-state index in [2.05, 4.69) is 9.98 Å². The molecular formula is C15H13N5. The van der Waals surface area contributed by atoms with Crippen molar-refractivity contribution in [2.75, 3.05) is 0 Å². The summed E-state index contributed by atoms with van der Waals surface area (Å²) in [5, 5.41) is 18.1. The Hall–Kier alpha value is -2.92. The van der Waals surface area contributed by atoms with E-state index in [0.29, 0.717) is 12.2 Å². The second-order valence-electron chi connectivity index (χ2n) is 4.25. The monoisotopic (exact) mass is 263 g/mol. The van der Waals surface area contributed by atoms with E-state index in [9.17, 15) is 0 Å². The molecule has 0 atom stereocenters. The van der Waals surface area contributed by atoms with Gasteiger partial charge in [-0.3, -0.25) is 4.57 Å². The number of nitrogens with zero attached hydrogens (tertiary/aromatic N) is 5. The van der Waals surface area contributed by atoms with Crippen molar-refractivity contribution in [3.63, 3.8) is 0 Å². The van der Waals surface area contributed by atoms with Crippen molar-refractivity contribution in [2.45, 2.75) is 20.3 Å². The predicted octanol–water partition coefficient (Wildman–Crippen LogP) is 2.71. The second kappa shape index (κ2) is 5.81. The minimum Gasteiger partial charge on any atom is -0.277 e. The fourth-order valence-electron chi connectivity index (χ4n) is 1.79. The molecule has 0 aliphatic carbocycles. The Morgan fingerprint density at radius 1 is 1.25 bits per heavy atom. The molecule has 0 saturated carbocycles. The highest BCUT2D eigenvalue weighted by Gasteiger charge is 2.14. The van der Waals surface area contributed by atoms with Crippen LogP contribution in [0.2, 0.25) is 0 Å². The van der Waals surface area contributed by atoms with Gasteiger partial charge >= 0.3 is 0 Å². The smallest absolute Gasteiger partial charge is 0.177 e. The quantitative estimate of drug-likeness (QED) is 0.631. The number of aromatic nitrogens is 2. The van der Waals surface area contributed by atoms with Crippen LogP contribution < -0.4 is 0 Å². The normalized spacial score (nSPS) is 10.4. The van der Waals surface area contributed by atoms with Crippen molar-refractivity contribution in [3.05, 3.63) is 47.0 Å². The van der Waals surface area contributed by atoms with Crippen molar-refractivity contribution < 1.29 is 0 Å². The number of aliphatic imine (C=N–C) groups is 1. The lowest BCUT2D eigenvalue weighted by atomic mass is 10.2. The summed E-state index contributed by atoms with van der Waals surface area (Å²) in [5.41, 5.74) is 2.30. The minimum absolute atomic E-state index is 0.139. The van der Waals surface area contributed by atoms with E-state index in [1.54, 1.807) is 4.57 Å². The standard InChI is InChI=1S/C15H13N5/c1-3-15-19-13(8-16)14(9-17)20(15)10-18-12-6-4-11(2)5-7-12/h4-7,10H,3H2,1-2H3. The number of rotatable bonds is 3. The molecule has 0 unspecified atom stereocenters. The van der Waals surface area contributed by atoms with Crippen LogP contribution in [0.1, 0.15) is 29.7 Å². The number of benzene rings is 1. The van der Waals surface area contributed by atoms with Gasteiger partial charge in [-0.05, 0) is 19.1 Å². The molecule has 0 aliphatic rings. The van der Waals surface area contributed by atoms with Gasteiger partial charge in [0.2, 0.25) is 0 Å². The summed E-state index contributed by atoms with van der Waals surface area (Å²) in [6.45, 7) is 3.92. The average Bonchev–Trinajstić information content (AvgIpc) is 2.83. The third-order valence-electron chi connectivity index (χ3n) is 2.87. The first-order valence-electron chi connectivity index (χ1n) is 6.21. The van der Waals surface area contributed by atoms with Crippen LogP contribution in [0.4, 0.5) is 5.69 Å². The first-order valence-corrected chi connectivity index (χ1v) is 6.21. The lowest BCUT2D eigenvalue weighted by molar-refractivity contribution is 0.928. The maximum absolute atomic E-state index is 9.15. The molecule has 0 aliphatic heterocycles. The van der Waals surface area contributed by atoms with E-state index < -0.39 is 0 Å². The summed E-state index contributed by atoms with van der Waals surface area (Å²) >= 11 is 0. The van der Waals surface area contributed by atoms with Crippen molar-refractivity contribution in [2.24, 2.45) is 4.99 Å². The molecule has 98 valence electrons. The molecule has 0 spiro atoms. The molecule has 0 fully saturated rings. The van der Waals surface area contributed by atoms with Crippen molar-refractivity contribution >= 4 is 12.0 Å². The Bertz CT molecular complexity index is 723. The zero-order valence-electron chi connectivity index (χ0n) is 11.3. The Morgan fingerprint density at radius 2 is 1.95 bits per heavy atom. The molecular weight excluding hydrogens is 250 g/mol. The Morgan fingerprint density at radius 3 is 2.50 bits per heavy atom. The van der Waals surface area contributed by atoms with Crippen molar-refractivity contribution in [3.8, 4) is 12.1 Å². The molecule has 5 nitrogen and oxygen atoms in total. The number of hydrogen-bond donors (Lipinski definition) is 0. The van der Waals surface area contributed by atoms with Gasteiger partial charge in [-0.25, -0.2) is 9.98 Å². The predicted molar refractivity (Wildman–Crippen MR) is 75.8 cm³/mol. The molecule has 0 saturated heterocycles. The van der Waals surface area contributed by atoms with E-state index in [1.165, 1.54) is 6.34 Å². The number of hydrogen-bond acceptors (Lipinski definition) is 4. The summed E-state index contributed by atoms with van der Waals surface area (Å²) in [4.78, 5) is 8.45. The van der Waals surface area contributed by atoms with Gasteiger partial charge in [-0.2, -0.15) is 10.5 Å². The molecule has 5 heteroatoms. The SMILES string of the molecule is CCc1nc(C#N)c(C#N)n1C=Nc1ccc(C)cc1. The summed E-state index contributed by atoms with van der Waals surface area (Å²) in [6, 6.07) is 11.7. The second-order valence-corrected chi connectivity index (χ2v) is 4.25. The fourth-order valence-corrected chi connectivity index (χ4v) is 1.79. The van der Waals surface area contributed by atoms with Gasteiger partial charge in [0.1, 0.15) is 24.3 Å². The van der Waals surface area contributed by atoms with Crippen LogP contribution in [0.5, 0.6) is 0 Å². The van der Waals surface area contributed by atoms with Crippen LogP contribution >= 0.6 is 0 Å². The fraction of sp³-hybridized carbons (Fsp3) is 0.200. The largest absolute Gasteiger partial charge is 0.277 e. The average molecular weight is 263 g/mol. The van der Waals surface area contributed by atoms with Crippen LogP contribution in [0.3, 0.4) is 0 Å². The van der Waals surface area contributed by atoms with E-state index in [1.807, 2.05) is 50.3 Å². The molecule has 1 aromatic carbocycles. The Labute approximate surface area is 117 Å². The zero-order valence-corrected chi connectivity index (χ0v) is 11.3. The first-order chi connectivity index (χ1) is 9.69. The zero-order chi connectivity index (χ0) is 14.5. The third-order valence-corrected chi connectivity index (χ3v) is 2.87. The highest BCUT2D eigenvalue weighted by Crippen LogP contribution is 2.14. The molecule has 0 N–H and O–H groups in total. The topological polar surface area (TPSA) is 77.8 Å². The van der Waals surface area contributed by atoms with Crippen LogP contribution in [0.25, 0.3) is 0 Å². The van der Waals surface area contributed by atoms with Crippen molar-refractivity contribution in [1.82, 2.24) is 9.55 Å². The van der Waals surface area contributed by atoms with Gasteiger partial charge in [0.05, 0.1) is 5.69 Å². The van der Waals surface area contributed by atoms with Gasteiger partial charge in [-0.1, -0.05) is 24.6 Å². The summed E-state index contributed by atoms with van der Waals surface area (Å²) in [7, 11) is 0. The van der Waals surface area contributed by atoms with Crippen molar-refractivity contribution in [1.29, 1.82) is 10.5 Å². The summed E-state index contributed by atoms with van der Waals surface area (Å²) < 4.78 is 1.57. The summed E-state index contributed by atoms with van der Waals surface area (Å²) in [5.74, 6) is 0.647. The van der Waals surface area contributed by atoms with Crippen LogP contribution in [-0.4, -0.2) is 15.9 Å². The number of aryl methyl sites for hydroxylation is 2. The number of imidazole rings is 1. The van der Waals surface area contributed by atoms with Gasteiger partial charge in [0.25, 0.3) is 0 Å². The maximum atomic E-state index is 9.15. The first kappa shape index (κ1) is 13.5. The lowest BCUT2D eigenvalue weighted by Gasteiger charge is -2.00. The molecule has 0 radical (unpaired) electrons. The van der Waals surface area contributed by atoms with Crippen LogP contribution in [0.15, 0.2) is 29.3 Å². The van der Waals surface area contributed by atoms with Gasteiger partial charge in [0.15, 0.2) is 11.4 Å². The van der Waals surface area contributed by atoms with E-state index in [-0.39, 0.29) is 11.4 Å². The number of nitriles is 2. The highest BCUT2D eigenvalue weighted by molar-refractivity contribution is 5.68. The molecule has 0 amide bonds. The minimum atomic E-state index is 0.139. The molecule has 2 aromatic rings. The van der Waals surface area contributed by atoms with Gasteiger partial charge < -0.3 is 0 Å². The maximum Gasteiger partial charge on any atom is 0.177 e. The lowest BCUT2D eigenvalue weighted by Crippen LogP contribution is -2.03. The highest BCUT2D eigenvalue weighted by atomic mass is 15.1. The molecule has 1 heterocycles. The van der Waals surface area contributed by atoms with Gasteiger partial charge in [-0.15, -0.1) is 0 Å². The van der Waals surface area contributed by atoms with E-state index in [4.69, 9.17) is 10.5 Å².